The van der Waals surface area contributed by atoms with Crippen molar-refractivity contribution in [2.24, 2.45) is 29.6 Å². The molecule has 11 heteroatoms. The largest absolute Gasteiger partial charge is 0.444 e. The summed E-state index contributed by atoms with van der Waals surface area (Å²) in [5, 5.41) is 14.7. The van der Waals surface area contributed by atoms with Crippen molar-refractivity contribution in [3.05, 3.63) is 72.8 Å². The average Bonchev–Trinajstić information content (AvgIpc) is 3.74. The zero-order chi connectivity index (χ0) is 30.8. The summed E-state index contributed by atoms with van der Waals surface area (Å²) in [5.74, 6) is 1.54. The maximum Gasteiger partial charge on any atom is 0.243 e. The minimum absolute atomic E-state index is 0.00834. The van der Waals surface area contributed by atoms with Gasteiger partial charge >= 0.3 is 0 Å². The number of rotatable bonds is 13. The number of fused-ring (bicyclic) bond motifs is 1. The van der Waals surface area contributed by atoms with Gasteiger partial charge in [0.15, 0.2) is 18.4 Å². The molecule has 1 amide bonds. The first-order chi connectivity index (χ1) is 21.2. The normalized spacial score (nSPS) is 25.8. The number of benzene rings is 2. The van der Waals surface area contributed by atoms with E-state index in [-0.39, 0.29) is 42.0 Å². The molecule has 2 bridgehead atoms. The molecule has 2 aliphatic heterocycles. The molecule has 2 N–H and O–H groups in total. The fourth-order valence-corrected chi connectivity index (χ4v) is 8.72. The smallest absolute Gasteiger partial charge is 0.243 e. The Bertz CT molecular complexity index is 1500. The van der Waals surface area contributed by atoms with Crippen LogP contribution in [0.15, 0.2) is 76.5 Å². The minimum Gasteiger partial charge on any atom is -0.444 e. The van der Waals surface area contributed by atoms with Crippen LogP contribution in [0.25, 0.3) is 11.3 Å². The van der Waals surface area contributed by atoms with Crippen LogP contribution in [0, 0.1) is 29.6 Å². The van der Waals surface area contributed by atoms with Crippen molar-refractivity contribution in [2.45, 2.75) is 56.4 Å². The molecule has 7 atom stereocenters. The Morgan fingerprint density at radius 2 is 1.80 bits per heavy atom. The Hall–Kier alpha value is -3.09. The van der Waals surface area contributed by atoms with Crippen molar-refractivity contribution >= 4 is 15.9 Å². The van der Waals surface area contributed by atoms with Crippen LogP contribution in [0.3, 0.4) is 0 Å². The van der Waals surface area contributed by atoms with Gasteiger partial charge in [-0.15, -0.1) is 0 Å². The van der Waals surface area contributed by atoms with Crippen molar-refractivity contribution in [1.29, 1.82) is 0 Å². The van der Waals surface area contributed by atoms with E-state index in [4.69, 9.17) is 13.9 Å². The molecule has 0 spiro atoms. The second kappa shape index (κ2) is 13.1. The zero-order valence-electron chi connectivity index (χ0n) is 25.1. The molecule has 3 heterocycles. The molecule has 6 rings (SSSR count). The van der Waals surface area contributed by atoms with E-state index in [0.717, 1.165) is 12.0 Å². The first kappa shape index (κ1) is 30.9. The molecule has 44 heavy (non-hydrogen) atoms. The number of aliphatic hydroxyl groups excluding tert-OH is 1. The summed E-state index contributed by atoms with van der Waals surface area (Å²) in [6.45, 7) is 5.13. The number of carbonyl (C=O) groups is 1. The number of aromatic nitrogens is 1. The molecular weight excluding hydrogens is 582 g/mol. The first-order valence-electron chi connectivity index (χ1n) is 15.4. The fraction of sp³-hybridized carbons (Fsp3) is 0.515. The van der Waals surface area contributed by atoms with Gasteiger partial charge in [-0.3, -0.25) is 4.79 Å². The number of carbonyl (C=O) groups excluding carboxylic acids is 1. The van der Waals surface area contributed by atoms with E-state index in [0.29, 0.717) is 55.1 Å². The van der Waals surface area contributed by atoms with Crippen LogP contribution in [0.1, 0.15) is 32.3 Å². The van der Waals surface area contributed by atoms with Gasteiger partial charge in [-0.05, 0) is 66.3 Å². The van der Waals surface area contributed by atoms with Crippen LogP contribution in [-0.2, 0) is 30.7 Å². The Labute approximate surface area is 258 Å². The number of oxazole rings is 1. The topological polar surface area (TPSA) is 131 Å². The van der Waals surface area contributed by atoms with Crippen LogP contribution in [0.5, 0.6) is 0 Å². The molecule has 4 unspecified atom stereocenters. The lowest BCUT2D eigenvalue weighted by atomic mass is 9.86. The highest BCUT2D eigenvalue weighted by Crippen LogP contribution is 2.52. The lowest BCUT2D eigenvalue weighted by molar-refractivity contribution is -0.165. The zero-order valence-corrected chi connectivity index (χ0v) is 25.9. The predicted octanol–water partition coefficient (Wildman–Crippen LogP) is 3.72. The van der Waals surface area contributed by atoms with E-state index in [1.165, 1.54) is 22.8 Å². The summed E-state index contributed by atoms with van der Waals surface area (Å²) in [6, 6.07) is 15.4. The Balaban J connectivity index is 1.19. The highest BCUT2D eigenvalue weighted by atomic mass is 32.2. The van der Waals surface area contributed by atoms with Crippen LogP contribution < -0.4 is 5.32 Å². The van der Waals surface area contributed by atoms with E-state index < -0.39 is 22.2 Å². The lowest BCUT2D eigenvalue weighted by Crippen LogP contribution is -2.51. The number of sulfonamides is 1. The van der Waals surface area contributed by atoms with E-state index in [9.17, 15) is 18.3 Å². The van der Waals surface area contributed by atoms with Crippen molar-refractivity contribution in [3.63, 3.8) is 0 Å². The standard InChI is InChI=1S/C33H41N3O7S/c1-21(2)16-36(44(39,40)25-10-8-23(9-11-25)31-15-34-20-43-31)17-30(37)29(12-22-6-4-3-5-7-22)35-32(38)14-26-24-13-27-28(26)19-42-33(27)41-18-24/h3-11,15,20-21,24,26-30,33,37H,12-14,16-19H2,1-2H3,(H,35,38)/t24?,26-,27?,28-,29?,30?,33-/m0/s1. The summed E-state index contributed by atoms with van der Waals surface area (Å²) in [6.07, 6.45) is 3.30. The van der Waals surface area contributed by atoms with Gasteiger partial charge in [0.2, 0.25) is 15.9 Å². The third-order valence-electron chi connectivity index (χ3n) is 9.26. The second-order valence-electron chi connectivity index (χ2n) is 12.8. The van der Waals surface area contributed by atoms with Gasteiger partial charge in [0.25, 0.3) is 0 Å². The number of ether oxygens (including phenoxy) is 2. The SMILES string of the molecule is CC(C)CN(CC(O)C(Cc1ccccc1)NC(=O)C[C@H]1C2CO[C@H]3OC[C@@H]1C3C2)S(=O)(=O)c1ccc(-c2cnco2)cc1. The van der Waals surface area contributed by atoms with Gasteiger partial charge in [0.05, 0.1) is 36.5 Å². The first-order valence-corrected chi connectivity index (χ1v) is 16.9. The summed E-state index contributed by atoms with van der Waals surface area (Å²) < 4.78 is 46.1. The van der Waals surface area contributed by atoms with E-state index in [2.05, 4.69) is 10.3 Å². The Kier molecular flexibility index (Phi) is 9.21. The molecule has 10 nitrogen and oxygen atoms in total. The van der Waals surface area contributed by atoms with E-state index in [1.54, 1.807) is 18.3 Å². The molecule has 0 radical (unpaired) electrons. The molecule has 1 saturated carbocycles. The summed E-state index contributed by atoms with van der Waals surface area (Å²) >= 11 is 0. The van der Waals surface area contributed by atoms with Crippen molar-refractivity contribution in [1.82, 2.24) is 14.6 Å². The number of aliphatic hydroxyl groups is 1. The second-order valence-corrected chi connectivity index (χ2v) is 14.7. The van der Waals surface area contributed by atoms with Gasteiger partial charge in [0, 0.05) is 31.0 Å². The van der Waals surface area contributed by atoms with E-state index >= 15 is 0 Å². The molecule has 3 aromatic rings. The average molecular weight is 624 g/mol. The molecule has 236 valence electrons. The van der Waals surface area contributed by atoms with Crippen LogP contribution in [0.2, 0.25) is 0 Å². The number of amides is 1. The van der Waals surface area contributed by atoms with Gasteiger partial charge < -0.3 is 24.3 Å². The highest BCUT2D eigenvalue weighted by molar-refractivity contribution is 7.89. The van der Waals surface area contributed by atoms with Crippen molar-refractivity contribution in [2.75, 3.05) is 26.3 Å². The van der Waals surface area contributed by atoms with Crippen molar-refractivity contribution < 1.29 is 32.2 Å². The summed E-state index contributed by atoms with van der Waals surface area (Å²) in [5.41, 5.74) is 1.65. The summed E-state index contributed by atoms with van der Waals surface area (Å²) in [7, 11) is -3.96. The van der Waals surface area contributed by atoms with Crippen molar-refractivity contribution in [3.8, 4) is 11.3 Å². The van der Waals surface area contributed by atoms with Crippen LogP contribution >= 0.6 is 0 Å². The van der Waals surface area contributed by atoms with Gasteiger partial charge in [-0.1, -0.05) is 44.2 Å². The molecule has 1 aromatic heterocycles. The number of hydrogen-bond acceptors (Lipinski definition) is 8. The monoisotopic (exact) mass is 623 g/mol. The fourth-order valence-electron chi connectivity index (χ4n) is 7.10. The minimum atomic E-state index is -3.96. The number of nitrogens with one attached hydrogen (secondary N) is 1. The molecule has 2 saturated heterocycles. The van der Waals surface area contributed by atoms with Crippen LogP contribution in [-0.4, -0.2) is 73.5 Å². The van der Waals surface area contributed by atoms with E-state index in [1.807, 2.05) is 44.2 Å². The van der Waals surface area contributed by atoms with Crippen LogP contribution in [0.4, 0.5) is 0 Å². The maximum atomic E-state index is 13.9. The van der Waals surface area contributed by atoms with Gasteiger partial charge in [-0.2, -0.15) is 4.31 Å². The number of hydrogen-bond donors (Lipinski definition) is 2. The third kappa shape index (κ3) is 6.62. The Morgan fingerprint density at radius 1 is 1.05 bits per heavy atom. The quantitative estimate of drug-likeness (QED) is 0.295. The predicted molar refractivity (Wildman–Crippen MR) is 163 cm³/mol. The molecular formula is C33H41N3O7S. The Morgan fingerprint density at radius 3 is 2.50 bits per heavy atom. The molecule has 1 aliphatic carbocycles. The van der Waals surface area contributed by atoms with Gasteiger partial charge in [-0.25, -0.2) is 13.4 Å². The number of nitrogens with zero attached hydrogens (tertiary/aromatic N) is 2. The van der Waals surface area contributed by atoms with Gasteiger partial charge in [0.1, 0.15) is 0 Å². The lowest BCUT2D eigenvalue weighted by Gasteiger charge is -2.31. The molecule has 3 fully saturated rings. The third-order valence-corrected chi connectivity index (χ3v) is 11.1. The maximum absolute atomic E-state index is 13.9. The highest BCUT2D eigenvalue weighted by Gasteiger charge is 2.54. The molecule has 3 aliphatic rings. The summed E-state index contributed by atoms with van der Waals surface area (Å²) in [4.78, 5) is 17.6. The molecule has 2 aromatic carbocycles.